The second kappa shape index (κ2) is 7.00. The summed E-state index contributed by atoms with van der Waals surface area (Å²) in [6, 6.07) is 8.33. The molecule has 0 atom stereocenters. The Morgan fingerprint density at radius 3 is 2.36 bits per heavy atom. The van der Waals surface area contributed by atoms with Crippen LogP contribution in [-0.4, -0.2) is 64.0 Å². The lowest BCUT2D eigenvalue weighted by Crippen LogP contribution is -2.46. The van der Waals surface area contributed by atoms with Crippen molar-refractivity contribution in [3.63, 3.8) is 0 Å². The molecule has 0 amide bonds. The smallest absolute Gasteiger partial charge is 0.123 e. The molecule has 2 aromatic rings. The summed E-state index contributed by atoms with van der Waals surface area (Å²) >= 11 is 0. The van der Waals surface area contributed by atoms with Crippen LogP contribution < -0.4 is 0 Å². The molecule has 0 bridgehead atoms. The van der Waals surface area contributed by atoms with Gasteiger partial charge in [0, 0.05) is 45.5 Å². The average Bonchev–Trinajstić information content (AvgIpc) is 2.99. The van der Waals surface area contributed by atoms with Gasteiger partial charge in [-0.1, -0.05) is 0 Å². The number of piperazine rings is 1. The molecule has 2 heterocycles. The zero-order valence-electron chi connectivity index (χ0n) is 12.5. The summed E-state index contributed by atoms with van der Waals surface area (Å²) in [5.41, 5.74) is 1.88. The van der Waals surface area contributed by atoms with E-state index in [0.29, 0.717) is 0 Å². The van der Waals surface area contributed by atoms with E-state index in [0.717, 1.165) is 50.6 Å². The highest BCUT2D eigenvalue weighted by atomic mass is 19.1. The molecule has 1 aliphatic rings. The first kappa shape index (κ1) is 15.1. The van der Waals surface area contributed by atoms with Crippen LogP contribution >= 0.6 is 0 Å². The predicted octanol–water partition coefficient (Wildman–Crippen LogP) is 1.12. The van der Waals surface area contributed by atoms with Gasteiger partial charge in [-0.05, 0) is 30.3 Å². The number of rotatable bonds is 5. The van der Waals surface area contributed by atoms with Crippen LogP contribution in [0.5, 0.6) is 0 Å². The number of β-amino-alcohol motifs (C(OH)–C–C–N with tert-alkyl or cyclic N) is 1. The maximum Gasteiger partial charge on any atom is 0.123 e. The molecule has 6 heteroatoms. The first-order valence-corrected chi connectivity index (χ1v) is 7.60. The van der Waals surface area contributed by atoms with Gasteiger partial charge in [0.2, 0.25) is 0 Å². The van der Waals surface area contributed by atoms with Crippen molar-refractivity contribution in [2.75, 3.05) is 39.3 Å². The highest BCUT2D eigenvalue weighted by molar-refractivity contribution is 5.31. The molecular formula is C16H21FN4O. The Bertz CT molecular complexity index is 590. The Hall–Kier alpha value is -1.76. The third-order valence-electron chi connectivity index (χ3n) is 4.00. The topological polar surface area (TPSA) is 44.5 Å². The van der Waals surface area contributed by atoms with Gasteiger partial charge in [0.05, 0.1) is 18.0 Å². The second-order valence-corrected chi connectivity index (χ2v) is 5.57. The first-order chi connectivity index (χ1) is 10.7. The fourth-order valence-corrected chi connectivity index (χ4v) is 2.73. The van der Waals surface area contributed by atoms with Crippen molar-refractivity contribution in [1.82, 2.24) is 19.6 Å². The lowest BCUT2D eigenvalue weighted by Gasteiger charge is -2.33. The summed E-state index contributed by atoms with van der Waals surface area (Å²) in [4.78, 5) is 4.64. The fourth-order valence-electron chi connectivity index (χ4n) is 2.73. The van der Waals surface area contributed by atoms with Gasteiger partial charge in [-0.25, -0.2) is 9.07 Å². The molecule has 1 saturated heterocycles. The van der Waals surface area contributed by atoms with E-state index in [1.54, 1.807) is 16.8 Å². The van der Waals surface area contributed by atoms with Crippen molar-refractivity contribution >= 4 is 0 Å². The standard InChI is InChI=1S/C16H21FN4O/c17-14-1-3-16(4-2-14)21-6-5-15(18-21)13-20-9-7-19(8-10-20)11-12-22/h1-6,22H,7-13H2. The van der Waals surface area contributed by atoms with E-state index in [4.69, 9.17) is 5.11 Å². The first-order valence-electron chi connectivity index (χ1n) is 7.60. The molecule has 0 radical (unpaired) electrons. The molecule has 22 heavy (non-hydrogen) atoms. The lowest BCUT2D eigenvalue weighted by atomic mass is 10.3. The van der Waals surface area contributed by atoms with E-state index in [9.17, 15) is 4.39 Å². The summed E-state index contributed by atoms with van der Waals surface area (Å²) < 4.78 is 14.7. The van der Waals surface area contributed by atoms with Gasteiger partial charge in [-0.2, -0.15) is 5.10 Å². The van der Waals surface area contributed by atoms with Gasteiger partial charge in [-0.3, -0.25) is 9.80 Å². The molecule has 118 valence electrons. The van der Waals surface area contributed by atoms with Crippen molar-refractivity contribution in [2.24, 2.45) is 0 Å². The predicted molar refractivity (Wildman–Crippen MR) is 82.3 cm³/mol. The number of aliphatic hydroxyl groups is 1. The molecule has 0 saturated carbocycles. The molecule has 1 aromatic carbocycles. The van der Waals surface area contributed by atoms with E-state index in [2.05, 4.69) is 14.9 Å². The van der Waals surface area contributed by atoms with Gasteiger partial charge in [0.15, 0.2) is 0 Å². The van der Waals surface area contributed by atoms with Crippen molar-refractivity contribution in [3.05, 3.63) is 48.0 Å². The number of nitrogens with zero attached hydrogens (tertiary/aromatic N) is 4. The quantitative estimate of drug-likeness (QED) is 0.899. The zero-order chi connectivity index (χ0) is 15.4. The minimum absolute atomic E-state index is 0.224. The van der Waals surface area contributed by atoms with E-state index in [1.165, 1.54) is 12.1 Å². The zero-order valence-corrected chi connectivity index (χ0v) is 12.5. The molecule has 1 aliphatic heterocycles. The van der Waals surface area contributed by atoms with E-state index < -0.39 is 0 Å². The number of aliphatic hydroxyl groups excluding tert-OH is 1. The number of benzene rings is 1. The van der Waals surface area contributed by atoms with E-state index in [-0.39, 0.29) is 12.4 Å². The maximum absolute atomic E-state index is 12.9. The van der Waals surface area contributed by atoms with Crippen molar-refractivity contribution < 1.29 is 9.50 Å². The highest BCUT2D eigenvalue weighted by Crippen LogP contribution is 2.11. The molecule has 1 N–H and O–H groups in total. The summed E-state index contributed by atoms with van der Waals surface area (Å²) in [7, 11) is 0. The van der Waals surface area contributed by atoms with Gasteiger partial charge in [-0.15, -0.1) is 0 Å². The lowest BCUT2D eigenvalue weighted by molar-refractivity contribution is 0.107. The van der Waals surface area contributed by atoms with Crippen LogP contribution in [0, 0.1) is 5.82 Å². The van der Waals surface area contributed by atoms with Crippen LogP contribution in [0.15, 0.2) is 36.5 Å². The third kappa shape index (κ3) is 3.71. The summed E-state index contributed by atoms with van der Waals surface area (Å²) in [5, 5.41) is 13.5. The Morgan fingerprint density at radius 2 is 1.68 bits per heavy atom. The maximum atomic E-state index is 12.9. The summed E-state index contributed by atoms with van der Waals surface area (Å²) in [6.07, 6.45) is 1.91. The number of hydrogen-bond donors (Lipinski definition) is 1. The average molecular weight is 304 g/mol. The van der Waals surface area contributed by atoms with Crippen molar-refractivity contribution in [3.8, 4) is 5.69 Å². The Balaban J connectivity index is 1.57. The molecule has 0 aliphatic carbocycles. The normalized spacial score (nSPS) is 17.0. The Kier molecular flexibility index (Phi) is 4.82. The Morgan fingerprint density at radius 1 is 1.00 bits per heavy atom. The molecular weight excluding hydrogens is 283 g/mol. The van der Waals surface area contributed by atoms with Crippen LogP contribution in [0.25, 0.3) is 5.69 Å². The largest absolute Gasteiger partial charge is 0.395 e. The summed E-state index contributed by atoms with van der Waals surface area (Å²) in [5.74, 6) is -0.239. The molecule has 0 spiro atoms. The fraction of sp³-hybridized carbons (Fsp3) is 0.438. The second-order valence-electron chi connectivity index (χ2n) is 5.57. The van der Waals surface area contributed by atoms with Gasteiger partial charge in [0.1, 0.15) is 5.82 Å². The van der Waals surface area contributed by atoms with Crippen molar-refractivity contribution in [1.29, 1.82) is 0 Å². The highest BCUT2D eigenvalue weighted by Gasteiger charge is 2.17. The van der Waals surface area contributed by atoms with Gasteiger partial charge < -0.3 is 5.11 Å². The van der Waals surface area contributed by atoms with Crippen LogP contribution in [-0.2, 0) is 6.54 Å². The number of hydrogen-bond acceptors (Lipinski definition) is 4. The minimum atomic E-state index is -0.239. The van der Waals surface area contributed by atoms with Gasteiger partial charge in [0.25, 0.3) is 0 Å². The summed E-state index contributed by atoms with van der Waals surface area (Å²) in [6.45, 7) is 5.75. The Labute approximate surface area is 129 Å². The molecule has 3 rings (SSSR count). The minimum Gasteiger partial charge on any atom is -0.395 e. The third-order valence-corrected chi connectivity index (χ3v) is 4.00. The van der Waals surface area contributed by atoms with E-state index in [1.807, 2.05) is 12.3 Å². The van der Waals surface area contributed by atoms with Crippen LogP contribution in [0.3, 0.4) is 0 Å². The monoisotopic (exact) mass is 304 g/mol. The molecule has 1 fully saturated rings. The number of aromatic nitrogens is 2. The SMILES string of the molecule is OCCN1CCN(Cc2ccn(-c3ccc(F)cc3)n2)CC1. The molecule has 5 nitrogen and oxygen atoms in total. The number of halogens is 1. The van der Waals surface area contributed by atoms with Crippen LogP contribution in [0.4, 0.5) is 4.39 Å². The molecule has 1 aromatic heterocycles. The van der Waals surface area contributed by atoms with Gasteiger partial charge >= 0.3 is 0 Å². The van der Waals surface area contributed by atoms with Crippen LogP contribution in [0.2, 0.25) is 0 Å². The molecule has 0 unspecified atom stereocenters. The van der Waals surface area contributed by atoms with Crippen LogP contribution in [0.1, 0.15) is 5.69 Å². The van der Waals surface area contributed by atoms with E-state index >= 15 is 0 Å². The van der Waals surface area contributed by atoms with Crippen molar-refractivity contribution in [2.45, 2.75) is 6.54 Å².